The predicted octanol–water partition coefficient (Wildman–Crippen LogP) is 4.57. The molecular formula is C27H27N5O. The molecule has 0 unspecified atom stereocenters. The summed E-state index contributed by atoms with van der Waals surface area (Å²) in [6, 6.07) is 17.5. The predicted molar refractivity (Wildman–Crippen MR) is 131 cm³/mol. The molecular weight excluding hydrogens is 410 g/mol. The highest BCUT2D eigenvalue weighted by Gasteiger charge is 2.13. The first kappa shape index (κ1) is 21.2. The third-order valence-electron chi connectivity index (χ3n) is 6.16. The van der Waals surface area contributed by atoms with Crippen molar-refractivity contribution in [3.05, 3.63) is 78.8 Å². The molecule has 1 saturated heterocycles. The number of nitrogens with one attached hydrogen (secondary N) is 1. The van der Waals surface area contributed by atoms with Crippen LogP contribution < -0.4 is 5.32 Å². The number of nitrogens with zero attached hydrogens (tertiary/aromatic N) is 4. The average molecular weight is 438 g/mol. The van der Waals surface area contributed by atoms with Crippen LogP contribution in [0, 0.1) is 0 Å². The summed E-state index contributed by atoms with van der Waals surface area (Å²) in [5, 5.41) is 3.07. The first-order valence-electron chi connectivity index (χ1n) is 11.5. The Hall–Kier alpha value is -3.64. The summed E-state index contributed by atoms with van der Waals surface area (Å²) >= 11 is 0. The Morgan fingerprint density at radius 1 is 0.909 bits per heavy atom. The molecule has 1 N–H and O–H groups in total. The van der Waals surface area contributed by atoms with Crippen LogP contribution in [0.4, 0.5) is 0 Å². The second-order valence-electron chi connectivity index (χ2n) is 8.40. The number of hydrogen-bond acceptors (Lipinski definition) is 5. The van der Waals surface area contributed by atoms with Crippen molar-refractivity contribution < 1.29 is 4.79 Å². The molecule has 0 saturated carbocycles. The number of benzene rings is 1. The topological polar surface area (TPSA) is 71.0 Å². The van der Waals surface area contributed by atoms with Gasteiger partial charge >= 0.3 is 0 Å². The standard InChI is InChI=1S/C27H27N5O/c33-27(30-15-18-32-16-2-1-3-17-32)22-6-4-5-21(19-22)24-7-8-25-26(31-24)23(11-14-29-25)20-9-12-28-13-10-20/h4-14,19H,1-3,15-18H2,(H,30,33). The summed E-state index contributed by atoms with van der Waals surface area (Å²) in [6.07, 6.45) is 9.19. The largest absolute Gasteiger partial charge is 0.351 e. The summed E-state index contributed by atoms with van der Waals surface area (Å²) in [5.74, 6) is -0.0474. The summed E-state index contributed by atoms with van der Waals surface area (Å²) in [4.78, 5) is 28.7. The molecule has 1 amide bonds. The number of pyridine rings is 3. The Kier molecular flexibility index (Phi) is 6.35. The van der Waals surface area contributed by atoms with E-state index in [4.69, 9.17) is 4.98 Å². The molecule has 1 aliphatic heterocycles. The fourth-order valence-electron chi connectivity index (χ4n) is 4.38. The van der Waals surface area contributed by atoms with Crippen molar-refractivity contribution in [2.75, 3.05) is 26.2 Å². The van der Waals surface area contributed by atoms with Crippen molar-refractivity contribution in [1.82, 2.24) is 25.2 Å². The van der Waals surface area contributed by atoms with Crippen LogP contribution in [0.2, 0.25) is 0 Å². The first-order chi connectivity index (χ1) is 16.3. The molecule has 5 rings (SSSR count). The second kappa shape index (κ2) is 9.88. The van der Waals surface area contributed by atoms with Crippen LogP contribution in [0.1, 0.15) is 29.6 Å². The SMILES string of the molecule is O=C(NCCN1CCCCC1)c1cccc(-c2ccc3nccc(-c4ccncc4)c3n2)c1. The lowest BCUT2D eigenvalue weighted by molar-refractivity contribution is 0.0946. The van der Waals surface area contributed by atoms with Crippen molar-refractivity contribution in [2.24, 2.45) is 0 Å². The van der Waals surface area contributed by atoms with Crippen molar-refractivity contribution >= 4 is 16.9 Å². The minimum atomic E-state index is -0.0474. The molecule has 4 aromatic rings. The van der Waals surface area contributed by atoms with Gasteiger partial charge in [0.1, 0.15) is 0 Å². The maximum Gasteiger partial charge on any atom is 0.251 e. The Balaban J connectivity index is 1.36. The number of carbonyl (C=O) groups is 1. The van der Waals surface area contributed by atoms with Crippen LogP contribution in [0.5, 0.6) is 0 Å². The molecule has 6 heteroatoms. The fourth-order valence-corrected chi connectivity index (χ4v) is 4.38. The highest BCUT2D eigenvalue weighted by atomic mass is 16.1. The van der Waals surface area contributed by atoms with Gasteiger partial charge in [-0.2, -0.15) is 0 Å². The smallest absolute Gasteiger partial charge is 0.251 e. The van der Waals surface area contributed by atoms with Crippen LogP contribution in [0.25, 0.3) is 33.4 Å². The number of rotatable bonds is 6. The van der Waals surface area contributed by atoms with Gasteiger partial charge in [0.2, 0.25) is 0 Å². The zero-order chi connectivity index (χ0) is 22.5. The number of aromatic nitrogens is 3. The molecule has 6 nitrogen and oxygen atoms in total. The molecule has 166 valence electrons. The van der Waals surface area contributed by atoms with Gasteiger partial charge in [0.05, 0.1) is 16.7 Å². The Morgan fingerprint density at radius 3 is 2.61 bits per heavy atom. The minimum Gasteiger partial charge on any atom is -0.351 e. The van der Waals surface area contributed by atoms with Crippen molar-refractivity contribution in [3.63, 3.8) is 0 Å². The normalized spacial score (nSPS) is 14.3. The van der Waals surface area contributed by atoms with E-state index >= 15 is 0 Å². The van der Waals surface area contributed by atoms with Gasteiger partial charge in [-0.3, -0.25) is 14.8 Å². The quantitative estimate of drug-likeness (QED) is 0.478. The van der Waals surface area contributed by atoms with E-state index in [9.17, 15) is 4.79 Å². The lowest BCUT2D eigenvalue weighted by Gasteiger charge is -2.26. The Morgan fingerprint density at radius 2 is 1.76 bits per heavy atom. The Labute approximate surface area is 193 Å². The third-order valence-corrected chi connectivity index (χ3v) is 6.16. The van der Waals surface area contributed by atoms with Gasteiger partial charge in [-0.05, 0) is 74.0 Å². The van der Waals surface area contributed by atoms with E-state index < -0.39 is 0 Å². The molecule has 33 heavy (non-hydrogen) atoms. The van der Waals surface area contributed by atoms with Crippen LogP contribution in [-0.4, -0.2) is 51.9 Å². The molecule has 1 fully saturated rings. The van der Waals surface area contributed by atoms with Crippen LogP contribution in [0.15, 0.2) is 73.2 Å². The van der Waals surface area contributed by atoms with Crippen molar-refractivity contribution in [2.45, 2.75) is 19.3 Å². The summed E-state index contributed by atoms with van der Waals surface area (Å²) < 4.78 is 0. The van der Waals surface area contributed by atoms with E-state index in [2.05, 4.69) is 20.2 Å². The molecule has 0 aliphatic carbocycles. The maximum absolute atomic E-state index is 12.8. The van der Waals surface area contributed by atoms with E-state index in [1.165, 1.54) is 19.3 Å². The first-order valence-corrected chi connectivity index (χ1v) is 11.5. The highest BCUT2D eigenvalue weighted by Crippen LogP contribution is 2.28. The third kappa shape index (κ3) is 4.91. The number of fused-ring (bicyclic) bond motifs is 1. The van der Waals surface area contributed by atoms with Crippen LogP contribution in [0.3, 0.4) is 0 Å². The lowest BCUT2D eigenvalue weighted by Crippen LogP contribution is -2.37. The molecule has 4 heterocycles. The number of piperidine rings is 1. The monoisotopic (exact) mass is 437 g/mol. The molecule has 1 aliphatic rings. The molecule has 1 aromatic carbocycles. The molecule has 0 spiro atoms. The summed E-state index contributed by atoms with van der Waals surface area (Å²) in [5.41, 5.74) is 6.09. The maximum atomic E-state index is 12.8. The van der Waals surface area contributed by atoms with Gasteiger partial charge in [-0.1, -0.05) is 18.6 Å². The molecule has 3 aromatic heterocycles. The van der Waals surface area contributed by atoms with E-state index in [1.54, 1.807) is 18.6 Å². The second-order valence-corrected chi connectivity index (χ2v) is 8.40. The minimum absolute atomic E-state index is 0.0474. The van der Waals surface area contributed by atoms with Gasteiger partial charge in [0, 0.05) is 48.4 Å². The van der Waals surface area contributed by atoms with Gasteiger partial charge < -0.3 is 10.2 Å². The van der Waals surface area contributed by atoms with E-state index in [1.807, 2.05) is 54.6 Å². The Bertz CT molecular complexity index is 1250. The highest BCUT2D eigenvalue weighted by molar-refractivity contribution is 5.96. The zero-order valence-corrected chi connectivity index (χ0v) is 18.6. The number of hydrogen-bond donors (Lipinski definition) is 1. The lowest BCUT2D eigenvalue weighted by atomic mass is 10.0. The fraction of sp³-hybridized carbons (Fsp3) is 0.259. The van der Waals surface area contributed by atoms with Crippen LogP contribution in [-0.2, 0) is 0 Å². The number of likely N-dealkylation sites (tertiary alicyclic amines) is 1. The molecule has 0 bridgehead atoms. The van der Waals surface area contributed by atoms with Gasteiger partial charge in [-0.25, -0.2) is 4.98 Å². The molecule has 0 radical (unpaired) electrons. The molecule has 0 atom stereocenters. The van der Waals surface area contributed by atoms with Gasteiger partial charge in [0.15, 0.2) is 0 Å². The van der Waals surface area contributed by atoms with Crippen molar-refractivity contribution in [3.8, 4) is 22.4 Å². The summed E-state index contributed by atoms with van der Waals surface area (Å²) in [7, 11) is 0. The number of carbonyl (C=O) groups excluding carboxylic acids is 1. The van der Waals surface area contributed by atoms with Gasteiger partial charge in [-0.15, -0.1) is 0 Å². The van der Waals surface area contributed by atoms with Gasteiger partial charge in [0.25, 0.3) is 5.91 Å². The van der Waals surface area contributed by atoms with Crippen molar-refractivity contribution in [1.29, 1.82) is 0 Å². The summed E-state index contributed by atoms with van der Waals surface area (Å²) in [6.45, 7) is 3.84. The van der Waals surface area contributed by atoms with E-state index in [0.29, 0.717) is 12.1 Å². The zero-order valence-electron chi connectivity index (χ0n) is 18.6. The average Bonchev–Trinajstić information content (AvgIpc) is 2.89. The number of amides is 1. The van der Waals surface area contributed by atoms with Crippen LogP contribution >= 0.6 is 0 Å². The van der Waals surface area contributed by atoms with E-state index in [0.717, 1.165) is 53.1 Å². The van der Waals surface area contributed by atoms with E-state index in [-0.39, 0.29) is 5.91 Å².